The van der Waals surface area contributed by atoms with Gasteiger partial charge in [-0.05, 0) is 31.2 Å². The van der Waals surface area contributed by atoms with Gasteiger partial charge in [0.2, 0.25) is 5.91 Å². The molecule has 2 rings (SSSR count). The van der Waals surface area contributed by atoms with E-state index in [0.29, 0.717) is 31.1 Å². The van der Waals surface area contributed by atoms with E-state index in [1.807, 2.05) is 19.2 Å². The predicted octanol–water partition coefficient (Wildman–Crippen LogP) is 1.34. The van der Waals surface area contributed by atoms with E-state index in [1.54, 1.807) is 13.2 Å². The summed E-state index contributed by atoms with van der Waals surface area (Å²) in [6, 6.07) is 5.55. The topological polar surface area (TPSA) is 50.8 Å². The molecule has 0 aliphatic carbocycles. The van der Waals surface area contributed by atoms with Gasteiger partial charge >= 0.3 is 0 Å². The van der Waals surface area contributed by atoms with Crippen LogP contribution in [0.2, 0.25) is 5.02 Å². The molecule has 1 heterocycles. The average Bonchev–Trinajstić information content (AvgIpc) is 2.48. The molecule has 0 radical (unpaired) electrons. The number of hydrogen-bond acceptors (Lipinski definition) is 4. The molecule has 0 aromatic heterocycles. The molecule has 116 valence electrons. The summed E-state index contributed by atoms with van der Waals surface area (Å²) in [5.74, 6) is 0.664. The van der Waals surface area contributed by atoms with Crippen molar-refractivity contribution in [3.8, 4) is 5.75 Å². The van der Waals surface area contributed by atoms with Crippen LogP contribution in [0.3, 0.4) is 0 Å². The highest BCUT2D eigenvalue weighted by molar-refractivity contribution is 6.31. The molecule has 1 N–H and O–H groups in total. The Balaban J connectivity index is 1.79. The number of nitrogens with one attached hydrogen (secondary N) is 1. The van der Waals surface area contributed by atoms with Gasteiger partial charge in [-0.2, -0.15) is 0 Å². The zero-order valence-electron chi connectivity index (χ0n) is 12.4. The monoisotopic (exact) mass is 312 g/mol. The summed E-state index contributed by atoms with van der Waals surface area (Å²) in [6.45, 7) is 2.63. The fourth-order valence-electron chi connectivity index (χ4n) is 2.23. The number of likely N-dealkylation sites (N-methyl/N-ethyl adjacent to an activating group) is 1. The first kappa shape index (κ1) is 16.1. The van der Waals surface area contributed by atoms with Crippen LogP contribution in [0.15, 0.2) is 18.2 Å². The van der Waals surface area contributed by atoms with Gasteiger partial charge in [-0.3, -0.25) is 4.79 Å². The molecule has 1 saturated heterocycles. The molecular formula is C15H21ClN2O3. The maximum atomic E-state index is 12.0. The number of methoxy groups -OCH3 is 1. The molecule has 5 nitrogen and oxygen atoms in total. The molecule has 6 heteroatoms. The molecule has 1 aliphatic rings. The molecule has 0 spiro atoms. The van der Waals surface area contributed by atoms with E-state index in [1.165, 1.54) is 0 Å². The fourth-order valence-corrected chi connectivity index (χ4v) is 2.49. The van der Waals surface area contributed by atoms with Gasteiger partial charge in [0.25, 0.3) is 0 Å². The summed E-state index contributed by atoms with van der Waals surface area (Å²) in [7, 11) is 3.59. The van der Waals surface area contributed by atoms with Crippen LogP contribution in [0.5, 0.6) is 5.75 Å². The summed E-state index contributed by atoms with van der Waals surface area (Å²) in [5, 5.41) is 3.55. The molecule has 0 bridgehead atoms. The van der Waals surface area contributed by atoms with Crippen LogP contribution in [0.1, 0.15) is 5.56 Å². The number of amides is 1. The fraction of sp³-hybridized carbons (Fsp3) is 0.533. The third kappa shape index (κ3) is 4.59. The highest BCUT2D eigenvalue weighted by Crippen LogP contribution is 2.22. The molecule has 1 aromatic carbocycles. The maximum absolute atomic E-state index is 12.0. The van der Waals surface area contributed by atoms with Crippen LogP contribution in [0, 0.1) is 0 Å². The van der Waals surface area contributed by atoms with E-state index >= 15 is 0 Å². The van der Waals surface area contributed by atoms with Gasteiger partial charge < -0.3 is 19.7 Å². The molecule has 1 fully saturated rings. The lowest BCUT2D eigenvalue weighted by molar-refractivity contribution is -0.137. The van der Waals surface area contributed by atoms with Crippen LogP contribution in [-0.2, 0) is 16.0 Å². The van der Waals surface area contributed by atoms with E-state index in [4.69, 9.17) is 21.1 Å². The second-order valence-corrected chi connectivity index (χ2v) is 5.53. The second-order valence-electron chi connectivity index (χ2n) is 5.12. The number of rotatable bonds is 5. The van der Waals surface area contributed by atoms with Gasteiger partial charge in [0.1, 0.15) is 11.9 Å². The second kappa shape index (κ2) is 7.64. The maximum Gasteiger partial charge on any atom is 0.250 e. The molecule has 1 aromatic rings. The van der Waals surface area contributed by atoms with Gasteiger partial charge in [-0.15, -0.1) is 0 Å². The van der Waals surface area contributed by atoms with Crippen LogP contribution in [-0.4, -0.2) is 57.3 Å². The predicted molar refractivity (Wildman–Crippen MR) is 82.0 cm³/mol. The first-order valence-corrected chi connectivity index (χ1v) is 7.38. The van der Waals surface area contributed by atoms with E-state index in [2.05, 4.69) is 10.2 Å². The highest BCUT2D eigenvalue weighted by atomic mass is 35.5. The largest absolute Gasteiger partial charge is 0.497 e. The lowest BCUT2D eigenvalue weighted by atomic mass is 10.1. The Hall–Kier alpha value is -1.30. The van der Waals surface area contributed by atoms with E-state index < -0.39 is 0 Å². The third-order valence-corrected chi connectivity index (χ3v) is 3.87. The van der Waals surface area contributed by atoms with Gasteiger partial charge in [0.15, 0.2) is 0 Å². The summed E-state index contributed by atoms with van der Waals surface area (Å²) < 4.78 is 10.6. The van der Waals surface area contributed by atoms with Crippen molar-refractivity contribution in [2.24, 2.45) is 0 Å². The van der Waals surface area contributed by atoms with Crippen LogP contribution in [0.25, 0.3) is 0 Å². The number of carbonyl (C=O) groups is 1. The van der Waals surface area contributed by atoms with Crippen LogP contribution >= 0.6 is 11.6 Å². The van der Waals surface area contributed by atoms with E-state index in [9.17, 15) is 4.79 Å². The van der Waals surface area contributed by atoms with Gasteiger partial charge in [0, 0.05) is 24.7 Å². The number of hydrogen-bond donors (Lipinski definition) is 1. The van der Waals surface area contributed by atoms with Crippen LogP contribution < -0.4 is 10.1 Å². The Morgan fingerprint density at radius 1 is 1.57 bits per heavy atom. The molecule has 1 amide bonds. The van der Waals surface area contributed by atoms with Gasteiger partial charge in [-0.25, -0.2) is 0 Å². The van der Waals surface area contributed by atoms with Crippen molar-refractivity contribution in [1.82, 2.24) is 10.2 Å². The number of carbonyl (C=O) groups excluding carboxylic acids is 1. The zero-order valence-corrected chi connectivity index (χ0v) is 13.2. The number of morpholine rings is 1. The summed E-state index contributed by atoms with van der Waals surface area (Å²) >= 11 is 6.17. The Labute approximate surface area is 130 Å². The van der Waals surface area contributed by atoms with Crippen molar-refractivity contribution in [2.45, 2.75) is 12.5 Å². The molecule has 1 aliphatic heterocycles. The normalized spacial score (nSPS) is 19.3. The molecular weight excluding hydrogens is 292 g/mol. The highest BCUT2D eigenvalue weighted by Gasteiger charge is 2.24. The Morgan fingerprint density at radius 2 is 2.38 bits per heavy atom. The minimum atomic E-state index is -0.380. The number of ether oxygens (including phenoxy) is 2. The quantitative estimate of drug-likeness (QED) is 0.891. The van der Waals surface area contributed by atoms with Gasteiger partial charge in [0.05, 0.1) is 13.7 Å². The van der Waals surface area contributed by atoms with Crippen molar-refractivity contribution in [3.05, 3.63) is 28.8 Å². The van der Waals surface area contributed by atoms with Crippen molar-refractivity contribution in [3.63, 3.8) is 0 Å². The number of halogens is 1. The standard InChI is InChI=1S/C15H21ClN2O3/c1-18-7-8-21-14(10-18)15(19)17-6-5-11-3-4-12(20-2)9-13(11)16/h3-4,9,14H,5-8,10H2,1-2H3,(H,17,19)/t14-/m1/s1. The smallest absolute Gasteiger partial charge is 0.250 e. The van der Waals surface area contributed by atoms with Crippen LogP contribution in [0.4, 0.5) is 0 Å². The first-order valence-electron chi connectivity index (χ1n) is 7.00. The molecule has 0 unspecified atom stereocenters. The Bertz CT molecular complexity index is 496. The summed E-state index contributed by atoms with van der Waals surface area (Å²) in [4.78, 5) is 14.1. The van der Waals surface area contributed by atoms with E-state index in [-0.39, 0.29) is 12.0 Å². The molecule has 21 heavy (non-hydrogen) atoms. The number of benzene rings is 1. The van der Waals surface area contributed by atoms with Crippen molar-refractivity contribution >= 4 is 17.5 Å². The van der Waals surface area contributed by atoms with E-state index in [0.717, 1.165) is 17.9 Å². The lowest BCUT2D eigenvalue weighted by Gasteiger charge is -2.29. The van der Waals surface area contributed by atoms with Crippen molar-refractivity contribution in [1.29, 1.82) is 0 Å². The average molecular weight is 313 g/mol. The minimum absolute atomic E-state index is 0.0637. The number of nitrogens with zero attached hydrogens (tertiary/aromatic N) is 1. The third-order valence-electron chi connectivity index (χ3n) is 3.52. The summed E-state index contributed by atoms with van der Waals surface area (Å²) in [5.41, 5.74) is 0.986. The minimum Gasteiger partial charge on any atom is -0.497 e. The lowest BCUT2D eigenvalue weighted by Crippen LogP contribution is -2.48. The molecule has 0 saturated carbocycles. The summed E-state index contributed by atoms with van der Waals surface area (Å²) in [6.07, 6.45) is 0.298. The van der Waals surface area contributed by atoms with Crippen molar-refractivity contribution in [2.75, 3.05) is 40.4 Å². The SMILES string of the molecule is COc1ccc(CCNC(=O)[C@H]2CN(C)CCO2)c(Cl)c1. The van der Waals surface area contributed by atoms with Gasteiger partial charge in [-0.1, -0.05) is 17.7 Å². The Kier molecular flexibility index (Phi) is 5.85. The molecule has 1 atom stereocenters. The zero-order chi connectivity index (χ0) is 15.2. The van der Waals surface area contributed by atoms with Crippen molar-refractivity contribution < 1.29 is 14.3 Å². The Morgan fingerprint density at radius 3 is 3.05 bits per heavy atom. The first-order chi connectivity index (χ1) is 10.1.